The lowest BCUT2D eigenvalue weighted by Gasteiger charge is -2.08. The summed E-state index contributed by atoms with van der Waals surface area (Å²) in [5, 5.41) is 3.72. The summed E-state index contributed by atoms with van der Waals surface area (Å²) in [5.41, 5.74) is 2.68. The molecule has 0 aliphatic rings. The maximum Gasteiger partial charge on any atom is 0.259 e. The maximum absolute atomic E-state index is 13.0. The van der Waals surface area contributed by atoms with Crippen molar-refractivity contribution < 1.29 is 13.9 Å². The monoisotopic (exact) mass is 359 g/mol. The Balaban J connectivity index is 1.70. The van der Waals surface area contributed by atoms with Crippen molar-refractivity contribution >= 4 is 22.5 Å². The zero-order valence-corrected chi connectivity index (χ0v) is 14.9. The average molecular weight is 359 g/mol. The second-order valence-electron chi connectivity index (χ2n) is 6.03. The molecular formula is C21H17N3O3. The van der Waals surface area contributed by atoms with Crippen LogP contribution in [0.2, 0.25) is 0 Å². The molecule has 4 aromatic rings. The first kappa shape index (κ1) is 16.8. The molecule has 0 saturated heterocycles. The van der Waals surface area contributed by atoms with E-state index in [1.807, 2.05) is 31.2 Å². The minimum absolute atomic E-state index is 0.256. The molecule has 6 nitrogen and oxygen atoms in total. The highest BCUT2D eigenvalue weighted by Gasteiger charge is 2.19. The summed E-state index contributed by atoms with van der Waals surface area (Å²) in [6.07, 6.45) is 5.01. The Bertz CT molecular complexity index is 1110. The molecule has 1 aromatic carbocycles. The van der Waals surface area contributed by atoms with Crippen LogP contribution < -0.4 is 10.1 Å². The highest BCUT2D eigenvalue weighted by Crippen LogP contribution is 2.30. The number of fused-ring (bicyclic) bond motifs is 1. The van der Waals surface area contributed by atoms with Crippen LogP contribution in [0.1, 0.15) is 16.1 Å². The number of aromatic nitrogens is 2. The average Bonchev–Trinajstić information content (AvgIpc) is 3.10. The van der Waals surface area contributed by atoms with E-state index in [0.29, 0.717) is 22.8 Å². The van der Waals surface area contributed by atoms with Crippen LogP contribution in [0.15, 0.2) is 65.5 Å². The number of ether oxygens (including phenoxy) is 1. The van der Waals surface area contributed by atoms with Gasteiger partial charge in [0.1, 0.15) is 17.3 Å². The van der Waals surface area contributed by atoms with Crippen LogP contribution in [0.25, 0.3) is 22.2 Å². The first-order valence-corrected chi connectivity index (χ1v) is 8.40. The van der Waals surface area contributed by atoms with Gasteiger partial charge >= 0.3 is 0 Å². The van der Waals surface area contributed by atoms with E-state index in [1.165, 1.54) is 0 Å². The maximum atomic E-state index is 13.0. The number of carbonyl (C=O) groups excluding carboxylic acids is 1. The number of methoxy groups -OCH3 is 1. The molecule has 0 fully saturated rings. The SMILES string of the molecule is COc1ccc(-c2oc(C)cc2C(=O)Nc2ccnc3ccncc23)cc1. The molecule has 0 bridgehead atoms. The molecule has 27 heavy (non-hydrogen) atoms. The van der Waals surface area contributed by atoms with Gasteiger partial charge in [0.15, 0.2) is 0 Å². The predicted molar refractivity (Wildman–Crippen MR) is 103 cm³/mol. The second-order valence-corrected chi connectivity index (χ2v) is 6.03. The van der Waals surface area contributed by atoms with E-state index in [9.17, 15) is 4.79 Å². The second kappa shape index (κ2) is 6.92. The molecule has 0 unspecified atom stereocenters. The molecule has 0 saturated carbocycles. The van der Waals surface area contributed by atoms with Crippen molar-refractivity contribution in [2.45, 2.75) is 6.92 Å². The summed E-state index contributed by atoms with van der Waals surface area (Å²) < 4.78 is 11.0. The van der Waals surface area contributed by atoms with Crippen LogP contribution in [0, 0.1) is 6.92 Å². The Labute approximate surface area is 155 Å². The van der Waals surface area contributed by atoms with Gasteiger partial charge in [-0.15, -0.1) is 0 Å². The fourth-order valence-corrected chi connectivity index (χ4v) is 2.93. The van der Waals surface area contributed by atoms with Gasteiger partial charge in [0.2, 0.25) is 0 Å². The lowest BCUT2D eigenvalue weighted by molar-refractivity contribution is 0.102. The molecule has 0 radical (unpaired) electrons. The normalized spacial score (nSPS) is 10.7. The first-order chi connectivity index (χ1) is 13.2. The number of benzene rings is 1. The molecule has 0 aliphatic carbocycles. The zero-order valence-electron chi connectivity index (χ0n) is 14.9. The van der Waals surface area contributed by atoms with Gasteiger partial charge in [-0.1, -0.05) is 0 Å². The predicted octanol–water partition coefficient (Wildman–Crippen LogP) is 4.46. The summed E-state index contributed by atoms with van der Waals surface area (Å²) in [6.45, 7) is 1.82. The molecule has 3 aromatic heterocycles. The van der Waals surface area contributed by atoms with E-state index in [4.69, 9.17) is 9.15 Å². The van der Waals surface area contributed by atoms with Crippen molar-refractivity contribution in [1.29, 1.82) is 0 Å². The fraction of sp³-hybridized carbons (Fsp3) is 0.0952. The Kier molecular flexibility index (Phi) is 4.30. The van der Waals surface area contributed by atoms with Crippen molar-refractivity contribution in [2.24, 2.45) is 0 Å². The van der Waals surface area contributed by atoms with E-state index in [1.54, 1.807) is 43.9 Å². The number of hydrogen-bond acceptors (Lipinski definition) is 5. The molecule has 1 amide bonds. The molecule has 1 N–H and O–H groups in total. The van der Waals surface area contributed by atoms with Crippen LogP contribution in [-0.4, -0.2) is 23.0 Å². The number of anilines is 1. The third-order valence-corrected chi connectivity index (χ3v) is 4.24. The molecule has 3 heterocycles. The molecule has 0 aliphatic heterocycles. The van der Waals surface area contributed by atoms with Crippen LogP contribution >= 0.6 is 0 Å². The summed E-state index contributed by atoms with van der Waals surface area (Å²) in [5.74, 6) is 1.66. The van der Waals surface area contributed by atoms with Crippen molar-refractivity contribution in [3.63, 3.8) is 0 Å². The summed E-state index contributed by atoms with van der Waals surface area (Å²) in [6, 6.07) is 12.7. The van der Waals surface area contributed by atoms with Gasteiger partial charge < -0.3 is 14.5 Å². The number of carbonyl (C=O) groups is 1. The van der Waals surface area contributed by atoms with E-state index < -0.39 is 0 Å². The molecular weight excluding hydrogens is 342 g/mol. The van der Waals surface area contributed by atoms with E-state index >= 15 is 0 Å². The molecule has 6 heteroatoms. The number of rotatable bonds is 4. The molecule has 0 spiro atoms. The van der Waals surface area contributed by atoms with Crippen LogP contribution in [0.5, 0.6) is 5.75 Å². The number of aryl methyl sites for hydroxylation is 1. The third-order valence-electron chi connectivity index (χ3n) is 4.24. The quantitative estimate of drug-likeness (QED) is 0.582. The highest BCUT2D eigenvalue weighted by molar-refractivity contribution is 6.11. The molecule has 0 atom stereocenters. The van der Waals surface area contributed by atoms with Crippen LogP contribution in [0.3, 0.4) is 0 Å². The summed E-state index contributed by atoms with van der Waals surface area (Å²) in [4.78, 5) is 21.4. The number of pyridine rings is 2. The minimum Gasteiger partial charge on any atom is -0.497 e. The largest absolute Gasteiger partial charge is 0.497 e. The lowest BCUT2D eigenvalue weighted by Crippen LogP contribution is -2.12. The van der Waals surface area contributed by atoms with Gasteiger partial charge in [-0.05, 0) is 49.4 Å². The Hall–Kier alpha value is -3.67. The fourth-order valence-electron chi connectivity index (χ4n) is 2.93. The Morgan fingerprint density at radius 2 is 1.93 bits per heavy atom. The van der Waals surface area contributed by atoms with E-state index in [2.05, 4.69) is 15.3 Å². The number of nitrogens with zero attached hydrogens (tertiary/aromatic N) is 2. The summed E-state index contributed by atoms with van der Waals surface area (Å²) in [7, 11) is 1.61. The topological polar surface area (TPSA) is 77.2 Å². The van der Waals surface area contributed by atoms with Crippen molar-refractivity contribution in [2.75, 3.05) is 12.4 Å². The Morgan fingerprint density at radius 3 is 2.70 bits per heavy atom. The molecule has 134 valence electrons. The van der Waals surface area contributed by atoms with Gasteiger partial charge in [0.25, 0.3) is 5.91 Å². The van der Waals surface area contributed by atoms with Crippen LogP contribution in [-0.2, 0) is 0 Å². The van der Waals surface area contributed by atoms with Crippen LogP contribution in [0.4, 0.5) is 5.69 Å². The van der Waals surface area contributed by atoms with Gasteiger partial charge in [-0.3, -0.25) is 14.8 Å². The van der Waals surface area contributed by atoms with Gasteiger partial charge in [-0.25, -0.2) is 0 Å². The van der Waals surface area contributed by atoms with Gasteiger partial charge in [0, 0.05) is 29.5 Å². The van der Waals surface area contributed by atoms with E-state index in [0.717, 1.165) is 22.2 Å². The van der Waals surface area contributed by atoms with Crippen molar-refractivity contribution in [3.05, 3.63) is 72.4 Å². The Morgan fingerprint density at radius 1 is 1.11 bits per heavy atom. The third kappa shape index (κ3) is 3.25. The summed E-state index contributed by atoms with van der Waals surface area (Å²) >= 11 is 0. The number of amides is 1. The van der Waals surface area contributed by atoms with Crippen molar-refractivity contribution in [3.8, 4) is 17.1 Å². The number of furan rings is 1. The lowest BCUT2D eigenvalue weighted by atomic mass is 10.1. The first-order valence-electron chi connectivity index (χ1n) is 8.40. The number of nitrogens with one attached hydrogen (secondary N) is 1. The minimum atomic E-state index is -0.256. The van der Waals surface area contributed by atoms with Crippen molar-refractivity contribution in [1.82, 2.24) is 9.97 Å². The smallest absolute Gasteiger partial charge is 0.259 e. The van der Waals surface area contributed by atoms with Gasteiger partial charge in [-0.2, -0.15) is 0 Å². The number of hydrogen-bond donors (Lipinski definition) is 1. The van der Waals surface area contributed by atoms with Gasteiger partial charge in [0.05, 0.1) is 23.9 Å². The molecule has 4 rings (SSSR count). The highest BCUT2D eigenvalue weighted by atomic mass is 16.5. The standard InChI is InChI=1S/C21H17N3O3/c1-13-11-16(20(27-13)14-3-5-15(26-2)6-4-14)21(25)24-19-8-10-23-18-7-9-22-12-17(18)19/h3-12H,1-2H3,(H,23,24,25). The van der Waals surface area contributed by atoms with E-state index in [-0.39, 0.29) is 5.91 Å². The zero-order chi connectivity index (χ0) is 18.8.